The molecule has 3 N–H and O–H groups in total. The van der Waals surface area contributed by atoms with Crippen LogP contribution in [0.15, 0.2) is 27.8 Å². The second-order valence-corrected chi connectivity index (χ2v) is 4.15. The van der Waals surface area contributed by atoms with E-state index in [9.17, 15) is 4.79 Å². The lowest BCUT2D eigenvalue weighted by atomic mass is 10.2. The normalized spacial score (nSPS) is 10.3. The lowest BCUT2D eigenvalue weighted by molar-refractivity contribution is 0.256. The summed E-state index contributed by atoms with van der Waals surface area (Å²) in [6.07, 6.45) is 1.31. The van der Waals surface area contributed by atoms with Crippen molar-refractivity contribution in [1.29, 1.82) is 0 Å². The van der Waals surface area contributed by atoms with Crippen LogP contribution in [0.1, 0.15) is 12.5 Å². The van der Waals surface area contributed by atoms with Crippen LogP contribution in [0, 0.1) is 6.92 Å². The first-order valence-electron chi connectivity index (χ1n) is 5.22. The number of halogens is 1. The van der Waals surface area contributed by atoms with Crippen molar-refractivity contribution in [2.24, 2.45) is 5.10 Å². The van der Waals surface area contributed by atoms with Crippen molar-refractivity contribution in [3.63, 3.8) is 0 Å². The van der Waals surface area contributed by atoms with E-state index in [0.29, 0.717) is 6.54 Å². The van der Waals surface area contributed by atoms with E-state index in [1.807, 2.05) is 32.0 Å². The van der Waals surface area contributed by atoms with Crippen LogP contribution >= 0.6 is 15.9 Å². The van der Waals surface area contributed by atoms with Gasteiger partial charge in [-0.3, -0.25) is 5.32 Å². The molecule has 0 bridgehead atoms. The number of nitrogens with one attached hydrogen (secondary N) is 3. The Labute approximate surface area is 109 Å². The average molecular weight is 299 g/mol. The Balaban J connectivity index is 2.56. The fourth-order valence-electron chi connectivity index (χ4n) is 1.17. The Bertz CT molecular complexity index is 400. The van der Waals surface area contributed by atoms with E-state index in [-0.39, 0.29) is 6.03 Å². The number of carbonyl (C=O) groups excluding carboxylic acids is 1. The Morgan fingerprint density at radius 1 is 1.53 bits per heavy atom. The third kappa shape index (κ3) is 4.44. The largest absolute Gasteiger partial charge is 0.324 e. The van der Waals surface area contributed by atoms with Gasteiger partial charge in [0.25, 0.3) is 0 Å². The van der Waals surface area contributed by atoms with Crippen LogP contribution in [-0.4, -0.2) is 18.9 Å². The van der Waals surface area contributed by atoms with Crippen molar-refractivity contribution in [2.75, 3.05) is 11.9 Å². The monoisotopic (exact) mass is 298 g/mol. The number of hydrazone groups is 1. The highest BCUT2D eigenvalue weighted by Crippen LogP contribution is 2.25. The lowest BCUT2D eigenvalue weighted by Crippen LogP contribution is -2.28. The molecule has 0 saturated heterocycles. The third-order valence-electron chi connectivity index (χ3n) is 1.97. The molecule has 92 valence electrons. The molecule has 0 saturated carbocycles. The van der Waals surface area contributed by atoms with Crippen molar-refractivity contribution >= 4 is 34.0 Å². The number of nitrogens with zero attached hydrogens (tertiary/aromatic N) is 1. The Morgan fingerprint density at radius 2 is 2.29 bits per heavy atom. The molecule has 0 aromatic heterocycles. The zero-order valence-corrected chi connectivity index (χ0v) is 11.3. The van der Waals surface area contributed by atoms with E-state index < -0.39 is 0 Å². The van der Waals surface area contributed by atoms with Gasteiger partial charge in [0.15, 0.2) is 0 Å². The fourth-order valence-corrected chi connectivity index (χ4v) is 1.73. The molecule has 0 aliphatic rings. The van der Waals surface area contributed by atoms with Crippen molar-refractivity contribution in [2.45, 2.75) is 13.8 Å². The summed E-state index contributed by atoms with van der Waals surface area (Å²) in [5, 5.41) is 8.99. The first-order valence-corrected chi connectivity index (χ1v) is 6.01. The minimum Gasteiger partial charge on any atom is -0.309 e. The van der Waals surface area contributed by atoms with Gasteiger partial charge in [-0.05, 0) is 41.4 Å². The van der Waals surface area contributed by atoms with Gasteiger partial charge < -0.3 is 10.7 Å². The zero-order chi connectivity index (χ0) is 12.7. The molecule has 0 aliphatic heterocycles. The van der Waals surface area contributed by atoms with E-state index in [1.165, 1.54) is 6.34 Å². The molecule has 0 fully saturated rings. The highest BCUT2D eigenvalue weighted by molar-refractivity contribution is 9.10. The first kappa shape index (κ1) is 13.5. The molecule has 0 aliphatic carbocycles. The number of para-hydroxylation sites is 1. The highest BCUT2D eigenvalue weighted by atomic mass is 79.9. The summed E-state index contributed by atoms with van der Waals surface area (Å²) < 4.78 is 0.844. The lowest BCUT2D eigenvalue weighted by Gasteiger charge is -2.09. The summed E-state index contributed by atoms with van der Waals surface area (Å²) in [5.74, 6) is 0. The molecule has 6 heteroatoms. The van der Waals surface area contributed by atoms with Crippen molar-refractivity contribution < 1.29 is 4.79 Å². The summed E-state index contributed by atoms with van der Waals surface area (Å²) in [6.45, 7) is 4.55. The Kier molecular flexibility index (Phi) is 5.48. The summed E-state index contributed by atoms with van der Waals surface area (Å²) in [4.78, 5) is 11.5. The average Bonchev–Trinajstić information content (AvgIpc) is 2.30. The number of hydrogen-bond donors (Lipinski definition) is 3. The van der Waals surface area contributed by atoms with Crippen LogP contribution in [0.25, 0.3) is 0 Å². The van der Waals surface area contributed by atoms with Gasteiger partial charge in [-0.25, -0.2) is 4.79 Å². The molecule has 17 heavy (non-hydrogen) atoms. The number of benzene rings is 1. The predicted octanol–water partition coefficient (Wildman–Crippen LogP) is 2.43. The van der Waals surface area contributed by atoms with Crippen LogP contribution in [0.3, 0.4) is 0 Å². The van der Waals surface area contributed by atoms with Crippen LogP contribution in [0.5, 0.6) is 0 Å². The van der Waals surface area contributed by atoms with Crippen LogP contribution < -0.4 is 16.1 Å². The maximum atomic E-state index is 11.5. The number of aryl methyl sites for hydroxylation is 1. The van der Waals surface area contributed by atoms with E-state index >= 15 is 0 Å². The third-order valence-corrected chi connectivity index (χ3v) is 2.63. The number of anilines is 1. The Morgan fingerprint density at radius 3 is 2.94 bits per heavy atom. The molecule has 1 aromatic carbocycles. The number of hydrogen-bond acceptors (Lipinski definition) is 3. The van der Waals surface area contributed by atoms with Crippen LogP contribution in [0.2, 0.25) is 0 Å². The summed E-state index contributed by atoms with van der Waals surface area (Å²) >= 11 is 3.38. The zero-order valence-electron chi connectivity index (χ0n) is 9.75. The summed E-state index contributed by atoms with van der Waals surface area (Å²) in [7, 11) is 0. The second kappa shape index (κ2) is 6.90. The summed E-state index contributed by atoms with van der Waals surface area (Å²) in [5.41, 5.74) is 4.44. The predicted molar refractivity (Wildman–Crippen MR) is 73.2 cm³/mol. The molecule has 1 aromatic rings. The molecule has 2 amide bonds. The topological polar surface area (TPSA) is 65.5 Å². The number of rotatable bonds is 4. The van der Waals surface area contributed by atoms with Crippen molar-refractivity contribution in [3.05, 3.63) is 28.2 Å². The molecular weight excluding hydrogens is 284 g/mol. The van der Waals surface area contributed by atoms with Gasteiger partial charge >= 0.3 is 6.03 Å². The summed E-state index contributed by atoms with van der Waals surface area (Å²) in [6, 6.07) is 5.37. The van der Waals surface area contributed by atoms with Gasteiger partial charge in [-0.2, -0.15) is 5.10 Å². The van der Waals surface area contributed by atoms with Crippen LogP contribution in [0.4, 0.5) is 10.5 Å². The standard InChI is InChI=1S/C11H15BrN4O/c1-3-14-15-7-13-11(17)16-10-8(2)5-4-6-9(10)12/h4-7,14H,3H2,1-2H3,(H2,13,15,16,17). The van der Waals surface area contributed by atoms with Gasteiger partial charge in [0.05, 0.1) is 5.69 Å². The smallest absolute Gasteiger partial charge is 0.309 e. The van der Waals surface area contributed by atoms with E-state index in [4.69, 9.17) is 0 Å². The molecule has 1 rings (SSSR count). The molecular formula is C11H15BrN4O. The number of amides is 2. The van der Waals surface area contributed by atoms with Crippen LogP contribution in [-0.2, 0) is 0 Å². The molecule has 0 radical (unpaired) electrons. The number of urea groups is 1. The number of carbonyl (C=O) groups is 1. The van der Waals surface area contributed by atoms with E-state index in [0.717, 1.165) is 15.7 Å². The maximum absolute atomic E-state index is 11.5. The molecule has 0 spiro atoms. The van der Waals surface area contributed by atoms with Gasteiger partial charge in [-0.1, -0.05) is 12.1 Å². The Hall–Kier alpha value is -1.56. The maximum Gasteiger partial charge on any atom is 0.324 e. The minimum atomic E-state index is -0.332. The van der Waals surface area contributed by atoms with Gasteiger partial charge in [0.2, 0.25) is 0 Å². The SMILES string of the molecule is CCNN=CNC(=O)Nc1c(C)cccc1Br. The molecule has 0 unspecified atom stereocenters. The highest BCUT2D eigenvalue weighted by Gasteiger charge is 2.06. The quantitative estimate of drug-likeness (QED) is 0.454. The fraction of sp³-hybridized carbons (Fsp3) is 0.273. The van der Waals surface area contributed by atoms with Crippen molar-refractivity contribution in [1.82, 2.24) is 10.7 Å². The second-order valence-electron chi connectivity index (χ2n) is 3.30. The van der Waals surface area contributed by atoms with Crippen molar-refractivity contribution in [3.8, 4) is 0 Å². The molecule has 0 heterocycles. The van der Waals surface area contributed by atoms with Gasteiger partial charge in [0.1, 0.15) is 6.34 Å². The molecule has 0 atom stereocenters. The van der Waals surface area contributed by atoms with Gasteiger partial charge in [0, 0.05) is 11.0 Å². The van der Waals surface area contributed by atoms with E-state index in [2.05, 4.69) is 37.1 Å². The minimum absolute atomic E-state index is 0.332. The van der Waals surface area contributed by atoms with Gasteiger partial charge in [-0.15, -0.1) is 0 Å². The molecule has 5 nitrogen and oxygen atoms in total. The first-order chi connectivity index (χ1) is 8.15. The van der Waals surface area contributed by atoms with E-state index in [1.54, 1.807) is 0 Å².